The number of nitrogens with one attached hydrogen (secondary N) is 2. The van der Waals surface area contributed by atoms with Crippen LogP contribution in [0.3, 0.4) is 0 Å². The lowest BCUT2D eigenvalue weighted by atomic mass is 10.1. The highest BCUT2D eigenvalue weighted by atomic mass is 16.5. The molecule has 0 atom stereocenters. The fraction of sp³-hybridized carbons (Fsp3) is 0.238. The maximum atomic E-state index is 5.66. The number of benzene rings is 2. The molecule has 0 radical (unpaired) electrons. The number of para-hydroxylation sites is 2. The average Bonchev–Trinajstić information content (AvgIpc) is 2.62. The molecule has 0 amide bonds. The Bertz CT molecular complexity index is 879. The van der Waals surface area contributed by atoms with E-state index in [0.717, 1.165) is 23.1 Å². The third kappa shape index (κ3) is 4.72. The van der Waals surface area contributed by atoms with E-state index in [1.54, 1.807) is 0 Å². The molecule has 26 heavy (non-hydrogen) atoms. The number of anilines is 3. The molecule has 5 nitrogen and oxygen atoms in total. The summed E-state index contributed by atoms with van der Waals surface area (Å²) in [4.78, 5) is 8.96. The van der Waals surface area contributed by atoms with Crippen molar-refractivity contribution < 1.29 is 4.74 Å². The Kier molecular flexibility index (Phi) is 5.69. The Morgan fingerprint density at radius 3 is 2.54 bits per heavy atom. The highest BCUT2D eigenvalue weighted by Crippen LogP contribution is 2.27. The Balaban J connectivity index is 1.75. The van der Waals surface area contributed by atoms with Crippen molar-refractivity contribution in [3.05, 3.63) is 71.5 Å². The number of aromatic nitrogens is 2. The van der Waals surface area contributed by atoms with Crippen LogP contribution in [0.5, 0.6) is 5.75 Å². The van der Waals surface area contributed by atoms with Gasteiger partial charge in [0.1, 0.15) is 23.2 Å². The van der Waals surface area contributed by atoms with Gasteiger partial charge in [0.15, 0.2) is 0 Å². The van der Waals surface area contributed by atoms with Crippen molar-refractivity contribution in [3.63, 3.8) is 0 Å². The number of aryl methyl sites for hydroxylation is 2. The maximum absolute atomic E-state index is 5.66. The fourth-order valence-corrected chi connectivity index (χ4v) is 2.73. The Morgan fingerprint density at radius 2 is 1.73 bits per heavy atom. The normalized spacial score (nSPS) is 10.4. The van der Waals surface area contributed by atoms with Crippen molar-refractivity contribution in [2.75, 3.05) is 17.2 Å². The predicted molar refractivity (Wildman–Crippen MR) is 106 cm³/mol. The van der Waals surface area contributed by atoms with Crippen LogP contribution in [-0.4, -0.2) is 16.6 Å². The van der Waals surface area contributed by atoms with E-state index in [1.807, 2.05) is 44.2 Å². The van der Waals surface area contributed by atoms with Gasteiger partial charge in [0, 0.05) is 12.6 Å². The summed E-state index contributed by atoms with van der Waals surface area (Å²) in [6.07, 6.45) is 0. The van der Waals surface area contributed by atoms with Gasteiger partial charge < -0.3 is 15.4 Å². The van der Waals surface area contributed by atoms with Crippen molar-refractivity contribution in [2.45, 2.75) is 27.3 Å². The van der Waals surface area contributed by atoms with Crippen LogP contribution in [0, 0.1) is 13.8 Å². The molecule has 0 spiro atoms. The second-order valence-corrected chi connectivity index (χ2v) is 6.08. The van der Waals surface area contributed by atoms with Crippen molar-refractivity contribution in [1.29, 1.82) is 0 Å². The molecule has 0 aliphatic carbocycles. The van der Waals surface area contributed by atoms with Crippen LogP contribution < -0.4 is 15.4 Å². The minimum atomic E-state index is 0.616. The molecule has 1 aromatic heterocycles. The molecule has 2 N–H and O–H groups in total. The van der Waals surface area contributed by atoms with Crippen LogP contribution in [0.2, 0.25) is 0 Å². The monoisotopic (exact) mass is 348 g/mol. The van der Waals surface area contributed by atoms with E-state index in [2.05, 4.69) is 51.8 Å². The van der Waals surface area contributed by atoms with Gasteiger partial charge in [-0.2, -0.15) is 0 Å². The first kappa shape index (κ1) is 17.7. The summed E-state index contributed by atoms with van der Waals surface area (Å²) < 4.78 is 5.66. The molecule has 0 saturated carbocycles. The third-order valence-electron chi connectivity index (χ3n) is 3.84. The van der Waals surface area contributed by atoms with Crippen LogP contribution in [0.1, 0.15) is 23.9 Å². The summed E-state index contributed by atoms with van der Waals surface area (Å²) in [7, 11) is 0. The van der Waals surface area contributed by atoms with Crippen LogP contribution in [-0.2, 0) is 6.54 Å². The van der Waals surface area contributed by atoms with Crippen LogP contribution in [0.15, 0.2) is 54.6 Å². The van der Waals surface area contributed by atoms with Crippen molar-refractivity contribution in [3.8, 4) is 5.75 Å². The predicted octanol–water partition coefficient (Wildman–Crippen LogP) is 4.85. The fourth-order valence-electron chi connectivity index (χ4n) is 2.73. The molecular weight excluding hydrogens is 324 g/mol. The van der Waals surface area contributed by atoms with Crippen LogP contribution in [0.4, 0.5) is 17.3 Å². The van der Waals surface area contributed by atoms with Crippen LogP contribution >= 0.6 is 0 Å². The molecule has 3 rings (SSSR count). The zero-order chi connectivity index (χ0) is 18.4. The first-order valence-electron chi connectivity index (χ1n) is 8.78. The highest BCUT2D eigenvalue weighted by Gasteiger charge is 2.06. The number of nitrogens with zero attached hydrogens (tertiary/aromatic N) is 2. The van der Waals surface area contributed by atoms with E-state index in [4.69, 9.17) is 4.74 Å². The van der Waals surface area contributed by atoms with E-state index >= 15 is 0 Å². The van der Waals surface area contributed by atoms with Gasteiger partial charge in [-0.15, -0.1) is 0 Å². The summed E-state index contributed by atoms with van der Waals surface area (Å²) in [6, 6.07) is 18.2. The van der Waals surface area contributed by atoms with Gasteiger partial charge in [-0.3, -0.25) is 0 Å². The molecule has 0 saturated heterocycles. The summed E-state index contributed by atoms with van der Waals surface area (Å²) in [6.45, 7) is 7.28. The second kappa shape index (κ2) is 8.34. The topological polar surface area (TPSA) is 59.1 Å². The number of hydrogen-bond acceptors (Lipinski definition) is 5. The van der Waals surface area contributed by atoms with Crippen molar-refractivity contribution >= 4 is 17.3 Å². The number of rotatable bonds is 7. The van der Waals surface area contributed by atoms with Gasteiger partial charge in [-0.1, -0.05) is 42.0 Å². The summed E-state index contributed by atoms with van der Waals surface area (Å²) in [5.74, 6) is 3.03. The lowest BCUT2D eigenvalue weighted by Crippen LogP contribution is -2.06. The second-order valence-electron chi connectivity index (χ2n) is 6.08. The minimum absolute atomic E-state index is 0.616. The van der Waals surface area contributed by atoms with Gasteiger partial charge in [0.25, 0.3) is 0 Å². The molecule has 0 unspecified atom stereocenters. The van der Waals surface area contributed by atoms with Gasteiger partial charge in [0.2, 0.25) is 0 Å². The minimum Gasteiger partial charge on any atom is -0.492 e. The van der Waals surface area contributed by atoms with Crippen molar-refractivity contribution in [2.24, 2.45) is 0 Å². The number of hydrogen-bond donors (Lipinski definition) is 2. The molecule has 1 heterocycles. The Labute approximate surface area is 154 Å². The largest absolute Gasteiger partial charge is 0.492 e. The summed E-state index contributed by atoms with van der Waals surface area (Å²) in [5.41, 5.74) is 3.35. The van der Waals surface area contributed by atoms with Crippen LogP contribution in [0.25, 0.3) is 0 Å². The molecule has 5 heteroatoms. The van der Waals surface area contributed by atoms with Gasteiger partial charge in [0.05, 0.1) is 12.3 Å². The first-order valence-corrected chi connectivity index (χ1v) is 8.78. The lowest BCUT2D eigenvalue weighted by molar-refractivity contribution is 0.342. The van der Waals surface area contributed by atoms with E-state index in [1.165, 1.54) is 11.1 Å². The van der Waals surface area contributed by atoms with E-state index in [-0.39, 0.29) is 0 Å². The molecular formula is C21H24N4O. The Morgan fingerprint density at radius 1 is 0.923 bits per heavy atom. The third-order valence-corrected chi connectivity index (χ3v) is 3.84. The van der Waals surface area contributed by atoms with Gasteiger partial charge in [-0.25, -0.2) is 9.97 Å². The Hall–Kier alpha value is -3.08. The SMILES string of the molecule is CCOc1ccccc1Nc1cc(NCc2cccc(C)c2)nc(C)n1. The standard InChI is InChI=1S/C21H24N4O/c1-4-26-19-11-6-5-10-18(19)25-21-13-20(23-16(3)24-21)22-14-17-9-7-8-15(2)12-17/h5-13H,4,14H2,1-3H3,(H2,22,23,24,25). The molecule has 0 bridgehead atoms. The molecule has 0 aliphatic heterocycles. The first-order chi connectivity index (χ1) is 12.6. The van der Waals surface area contributed by atoms with E-state index < -0.39 is 0 Å². The molecule has 2 aromatic carbocycles. The average molecular weight is 348 g/mol. The zero-order valence-corrected chi connectivity index (χ0v) is 15.4. The zero-order valence-electron chi connectivity index (χ0n) is 15.4. The van der Waals surface area contributed by atoms with Gasteiger partial charge in [-0.05, 0) is 38.5 Å². The van der Waals surface area contributed by atoms with E-state index in [9.17, 15) is 0 Å². The summed E-state index contributed by atoms with van der Waals surface area (Å²) in [5, 5.41) is 6.70. The number of ether oxygens (including phenoxy) is 1. The summed E-state index contributed by atoms with van der Waals surface area (Å²) >= 11 is 0. The molecule has 134 valence electrons. The molecule has 0 fully saturated rings. The van der Waals surface area contributed by atoms with Crippen molar-refractivity contribution in [1.82, 2.24) is 9.97 Å². The highest BCUT2D eigenvalue weighted by molar-refractivity contribution is 5.65. The van der Waals surface area contributed by atoms with Gasteiger partial charge >= 0.3 is 0 Å². The quantitative estimate of drug-likeness (QED) is 0.639. The smallest absolute Gasteiger partial charge is 0.142 e. The molecule has 3 aromatic rings. The lowest BCUT2D eigenvalue weighted by Gasteiger charge is -2.13. The maximum Gasteiger partial charge on any atom is 0.142 e. The van der Waals surface area contributed by atoms with E-state index in [0.29, 0.717) is 19.0 Å². The molecule has 0 aliphatic rings.